The fourth-order valence-corrected chi connectivity index (χ4v) is 3.86. The van der Waals surface area contributed by atoms with Gasteiger partial charge in [0.15, 0.2) is 5.75 Å². The highest BCUT2D eigenvalue weighted by Gasteiger charge is 2.36. The predicted molar refractivity (Wildman–Crippen MR) is 111 cm³/mol. The molecule has 12 heteroatoms. The van der Waals surface area contributed by atoms with Crippen LogP contribution in [0.5, 0.6) is 5.75 Å². The van der Waals surface area contributed by atoms with Crippen LogP contribution in [0, 0.1) is 5.82 Å². The summed E-state index contributed by atoms with van der Waals surface area (Å²) in [4.78, 5) is 41.0. The molecule has 0 atom stereocenters. The third-order valence-corrected chi connectivity index (χ3v) is 5.55. The summed E-state index contributed by atoms with van der Waals surface area (Å²) in [6, 6.07) is 3.88. The van der Waals surface area contributed by atoms with Crippen LogP contribution in [0.25, 0.3) is 0 Å². The van der Waals surface area contributed by atoms with Crippen LogP contribution in [0.2, 0.25) is 5.02 Å². The van der Waals surface area contributed by atoms with E-state index in [-0.39, 0.29) is 35.8 Å². The summed E-state index contributed by atoms with van der Waals surface area (Å²) < 4.78 is 52.4. The van der Waals surface area contributed by atoms with Crippen molar-refractivity contribution in [2.75, 3.05) is 20.6 Å². The predicted octanol–water partition coefficient (Wildman–Crippen LogP) is 3.20. The number of carbonyl (C=O) groups is 2. The molecule has 33 heavy (non-hydrogen) atoms. The lowest BCUT2D eigenvalue weighted by Gasteiger charge is -2.31. The average Bonchev–Trinajstić information content (AvgIpc) is 2.72. The van der Waals surface area contributed by atoms with Gasteiger partial charge in [0.2, 0.25) is 0 Å². The summed E-state index contributed by atoms with van der Waals surface area (Å²) in [5.41, 5.74) is -1.55. The molecule has 0 fully saturated rings. The number of alkyl halides is 3. The number of amides is 2. The zero-order valence-corrected chi connectivity index (χ0v) is 18.4. The minimum absolute atomic E-state index is 0.00473. The van der Waals surface area contributed by atoms with Crippen LogP contribution in [0.1, 0.15) is 38.4 Å². The number of rotatable bonds is 5. The van der Waals surface area contributed by atoms with Crippen molar-refractivity contribution in [3.8, 4) is 5.75 Å². The van der Waals surface area contributed by atoms with Crippen LogP contribution in [0.15, 0.2) is 23.0 Å². The van der Waals surface area contributed by atoms with Crippen molar-refractivity contribution in [2.24, 2.45) is 0 Å². The normalized spacial score (nSPS) is 13.8. The summed E-state index contributed by atoms with van der Waals surface area (Å²) in [7, 11) is 2.71. The summed E-state index contributed by atoms with van der Waals surface area (Å²) >= 11 is 5.77. The lowest BCUT2D eigenvalue weighted by molar-refractivity contribution is -0.136. The molecule has 1 N–H and O–H groups in total. The molecule has 1 aromatic heterocycles. The molecule has 1 aromatic carbocycles. The van der Waals surface area contributed by atoms with Crippen LogP contribution >= 0.6 is 11.6 Å². The van der Waals surface area contributed by atoms with Crippen molar-refractivity contribution in [1.82, 2.24) is 14.4 Å². The number of aromatic nitrogens is 1. The first-order chi connectivity index (χ1) is 15.3. The van der Waals surface area contributed by atoms with Gasteiger partial charge in [-0.1, -0.05) is 17.7 Å². The second-order valence-electron chi connectivity index (χ2n) is 7.80. The highest BCUT2D eigenvalue weighted by molar-refractivity contribution is 6.30. The van der Waals surface area contributed by atoms with Crippen molar-refractivity contribution in [2.45, 2.75) is 32.1 Å². The minimum atomic E-state index is -4.60. The first-order valence-electron chi connectivity index (χ1n) is 9.82. The van der Waals surface area contributed by atoms with Gasteiger partial charge < -0.3 is 19.5 Å². The fraction of sp³-hybridized carbons (Fsp3) is 0.381. The van der Waals surface area contributed by atoms with Gasteiger partial charge in [-0.25, -0.2) is 4.39 Å². The summed E-state index contributed by atoms with van der Waals surface area (Å²) in [5, 5.41) is 10.3. The minimum Gasteiger partial charge on any atom is -0.502 e. The molecule has 7 nitrogen and oxygen atoms in total. The Kier molecular flexibility index (Phi) is 6.73. The Morgan fingerprint density at radius 2 is 1.91 bits per heavy atom. The van der Waals surface area contributed by atoms with Gasteiger partial charge in [0.1, 0.15) is 11.5 Å². The molecule has 2 aromatic rings. The fourth-order valence-electron chi connectivity index (χ4n) is 3.66. The molecular weight excluding hydrogens is 470 g/mol. The van der Waals surface area contributed by atoms with Gasteiger partial charge in [-0.3, -0.25) is 14.4 Å². The van der Waals surface area contributed by atoms with Crippen molar-refractivity contribution < 1.29 is 32.3 Å². The van der Waals surface area contributed by atoms with E-state index in [4.69, 9.17) is 11.6 Å². The maximum atomic E-state index is 13.4. The van der Waals surface area contributed by atoms with E-state index >= 15 is 0 Å². The van der Waals surface area contributed by atoms with E-state index in [9.17, 15) is 37.1 Å². The summed E-state index contributed by atoms with van der Waals surface area (Å²) in [6.45, 7) is -0.860. The van der Waals surface area contributed by atoms with Gasteiger partial charge in [-0.2, -0.15) is 13.2 Å². The molecule has 0 saturated carbocycles. The number of aromatic hydroxyl groups is 1. The van der Waals surface area contributed by atoms with Gasteiger partial charge in [-0.05, 0) is 24.1 Å². The molecule has 178 valence electrons. The van der Waals surface area contributed by atoms with E-state index in [0.717, 1.165) is 11.0 Å². The van der Waals surface area contributed by atoms with Gasteiger partial charge in [0.25, 0.3) is 17.4 Å². The average molecular weight is 490 g/mol. The topological polar surface area (TPSA) is 82.9 Å². The van der Waals surface area contributed by atoms with Crippen LogP contribution in [0.4, 0.5) is 17.6 Å². The third-order valence-electron chi connectivity index (χ3n) is 5.26. The maximum absolute atomic E-state index is 13.4. The monoisotopic (exact) mass is 489 g/mol. The number of nitrogens with zero attached hydrogens (tertiary/aromatic N) is 3. The van der Waals surface area contributed by atoms with Crippen LogP contribution in [-0.2, 0) is 19.5 Å². The first kappa shape index (κ1) is 24.6. The number of benzene rings is 1. The molecule has 2 heterocycles. The lowest BCUT2D eigenvalue weighted by Crippen LogP contribution is -2.42. The quantitative estimate of drug-likeness (QED) is 0.654. The van der Waals surface area contributed by atoms with Crippen molar-refractivity contribution in [3.63, 3.8) is 0 Å². The first-order valence-corrected chi connectivity index (χ1v) is 10.2. The molecule has 0 spiro atoms. The molecule has 0 radical (unpaired) electrons. The van der Waals surface area contributed by atoms with Crippen LogP contribution < -0.4 is 5.56 Å². The molecule has 3 rings (SSSR count). The Labute approximate surface area is 190 Å². The smallest absolute Gasteiger partial charge is 0.390 e. The summed E-state index contributed by atoms with van der Waals surface area (Å²) in [6.07, 6.45) is -6.00. The highest BCUT2D eigenvalue weighted by atomic mass is 35.5. The van der Waals surface area contributed by atoms with Gasteiger partial charge in [-0.15, -0.1) is 0 Å². The Balaban J connectivity index is 2.08. The molecule has 0 unspecified atom stereocenters. The number of pyridine rings is 1. The molecule has 0 aliphatic carbocycles. The number of hydrogen-bond donors (Lipinski definition) is 1. The molecule has 0 bridgehead atoms. The maximum Gasteiger partial charge on any atom is 0.390 e. The number of halogens is 5. The van der Waals surface area contributed by atoms with Crippen LogP contribution in [-0.4, -0.2) is 58.1 Å². The van der Waals surface area contributed by atoms with Crippen LogP contribution in [0.3, 0.4) is 0 Å². The lowest BCUT2D eigenvalue weighted by atomic mass is 9.95. The van der Waals surface area contributed by atoms with E-state index in [0.29, 0.717) is 10.1 Å². The number of hydrogen-bond acceptors (Lipinski definition) is 4. The number of fused-ring (bicyclic) bond motifs is 1. The van der Waals surface area contributed by atoms with E-state index < -0.39 is 53.6 Å². The van der Waals surface area contributed by atoms with Crippen molar-refractivity contribution >= 4 is 23.4 Å². The zero-order chi connectivity index (χ0) is 24.7. The zero-order valence-electron chi connectivity index (χ0n) is 17.7. The molecular formula is C21H20ClF4N3O4. The Hall–Kier alpha value is -3.08. The Bertz CT molecular complexity index is 1180. The van der Waals surface area contributed by atoms with Crippen molar-refractivity contribution in [1.29, 1.82) is 0 Å². The standard InChI is InChI=1S/C21H20ClF4N3O4/c1-27(2)19(32)16-12-5-7-28(10-11-3-4-14(23)13(22)9-11)18(31)15(12)17(30)20(33)29(16)8-6-21(24,25)26/h3-4,9,30H,5-8,10H2,1-2H3. The Morgan fingerprint density at radius 3 is 2.48 bits per heavy atom. The largest absolute Gasteiger partial charge is 0.502 e. The molecule has 2 amide bonds. The second kappa shape index (κ2) is 9.05. The SMILES string of the molecule is CN(C)C(=O)c1c2c(c(O)c(=O)n1CCC(F)(F)F)C(=O)N(Cc1ccc(F)c(Cl)c1)CC2. The van der Waals surface area contributed by atoms with Gasteiger partial charge >= 0.3 is 6.18 Å². The molecule has 1 aliphatic heterocycles. The highest BCUT2D eigenvalue weighted by Crippen LogP contribution is 2.30. The van der Waals surface area contributed by atoms with E-state index in [1.165, 1.54) is 31.1 Å². The number of carbonyl (C=O) groups excluding carboxylic acids is 2. The van der Waals surface area contributed by atoms with E-state index in [1.54, 1.807) is 0 Å². The summed E-state index contributed by atoms with van der Waals surface area (Å²) in [5.74, 6) is -3.20. The molecule has 0 saturated heterocycles. The van der Waals surface area contributed by atoms with Gasteiger partial charge in [0, 0.05) is 39.3 Å². The molecule has 1 aliphatic rings. The second-order valence-corrected chi connectivity index (χ2v) is 8.20. The van der Waals surface area contributed by atoms with E-state index in [1.807, 2.05) is 0 Å². The van der Waals surface area contributed by atoms with E-state index in [2.05, 4.69) is 0 Å². The third kappa shape index (κ3) is 4.97. The van der Waals surface area contributed by atoms with Gasteiger partial charge in [0.05, 0.1) is 17.0 Å². The Morgan fingerprint density at radius 1 is 1.24 bits per heavy atom. The van der Waals surface area contributed by atoms with Crippen molar-refractivity contribution in [3.05, 3.63) is 61.8 Å².